The van der Waals surface area contributed by atoms with Crippen molar-refractivity contribution in [3.05, 3.63) is 29.6 Å². The number of hydrogen-bond acceptors (Lipinski definition) is 2. The van der Waals surface area contributed by atoms with E-state index < -0.39 is 11.9 Å². The average Bonchev–Trinajstić information content (AvgIpc) is 2.14. The number of nitrogens with one attached hydrogen (secondary N) is 1. The normalized spacial score (nSPS) is 14.8. The Bertz CT molecular complexity index is 363. The number of nitrogens with zero attached hydrogens (tertiary/aromatic N) is 1. The fourth-order valence-electron chi connectivity index (χ4n) is 1.56. The second-order valence-corrected chi connectivity index (χ2v) is 5.09. The topological polar surface area (TPSA) is 24.9 Å². The lowest BCUT2D eigenvalue weighted by Crippen LogP contribution is -2.37. The van der Waals surface area contributed by atoms with Crippen molar-refractivity contribution in [1.29, 1.82) is 0 Å². The van der Waals surface area contributed by atoms with Crippen LogP contribution in [0.1, 0.15) is 45.0 Å². The summed E-state index contributed by atoms with van der Waals surface area (Å²) in [7, 11) is 0. The lowest BCUT2D eigenvalue weighted by Gasteiger charge is -2.26. The minimum atomic E-state index is -4.38. The second-order valence-electron chi connectivity index (χ2n) is 5.09. The van der Waals surface area contributed by atoms with Crippen molar-refractivity contribution < 1.29 is 13.2 Å². The predicted molar refractivity (Wildman–Crippen MR) is 60.5 cm³/mol. The fourth-order valence-corrected chi connectivity index (χ4v) is 1.56. The lowest BCUT2D eigenvalue weighted by molar-refractivity contribution is -0.141. The smallest absolute Gasteiger partial charge is 0.305 e. The van der Waals surface area contributed by atoms with Gasteiger partial charge in [-0.15, -0.1) is 0 Å². The van der Waals surface area contributed by atoms with Gasteiger partial charge in [-0.2, -0.15) is 13.2 Å². The summed E-state index contributed by atoms with van der Waals surface area (Å²) < 4.78 is 36.9. The Morgan fingerprint density at radius 2 is 1.76 bits per heavy atom. The molecule has 17 heavy (non-hydrogen) atoms. The molecule has 0 spiro atoms. The van der Waals surface area contributed by atoms with E-state index in [1.54, 1.807) is 0 Å². The molecule has 0 aromatic carbocycles. The van der Waals surface area contributed by atoms with E-state index in [0.29, 0.717) is 0 Å². The summed E-state index contributed by atoms with van der Waals surface area (Å²) in [6.45, 7) is 7.90. The van der Waals surface area contributed by atoms with E-state index >= 15 is 0 Å². The van der Waals surface area contributed by atoms with Crippen LogP contribution in [0.25, 0.3) is 0 Å². The van der Waals surface area contributed by atoms with Crippen LogP contribution in [-0.2, 0) is 6.18 Å². The molecule has 0 aliphatic heterocycles. The number of hydrogen-bond donors (Lipinski definition) is 1. The van der Waals surface area contributed by atoms with Gasteiger partial charge in [-0.25, -0.2) is 0 Å². The first kappa shape index (κ1) is 14.0. The Hall–Kier alpha value is -1.10. The first-order chi connectivity index (χ1) is 7.59. The second kappa shape index (κ2) is 4.64. The van der Waals surface area contributed by atoms with Gasteiger partial charge in [0.1, 0.15) is 5.69 Å². The molecule has 0 bridgehead atoms. The van der Waals surface area contributed by atoms with Crippen molar-refractivity contribution in [2.45, 2.75) is 45.5 Å². The highest BCUT2D eigenvalue weighted by Crippen LogP contribution is 2.28. The molecule has 96 valence electrons. The highest BCUT2D eigenvalue weighted by molar-refractivity contribution is 5.19. The van der Waals surface area contributed by atoms with Crippen LogP contribution in [-0.4, -0.2) is 10.5 Å². The predicted octanol–water partition coefficient (Wildman–Crippen LogP) is 3.55. The molecule has 0 unspecified atom stereocenters. The van der Waals surface area contributed by atoms with Crippen LogP contribution >= 0.6 is 0 Å². The minimum absolute atomic E-state index is 0.0372. The van der Waals surface area contributed by atoms with Crippen LogP contribution in [0.4, 0.5) is 13.2 Å². The Morgan fingerprint density at radius 3 is 2.12 bits per heavy atom. The van der Waals surface area contributed by atoms with Gasteiger partial charge in [-0.3, -0.25) is 4.98 Å². The van der Waals surface area contributed by atoms with Crippen molar-refractivity contribution in [3.8, 4) is 0 Å². The molecule has 0 amide bonds. The lowest BCUT2D eigenvalue weighted by atomic mass is 10.0. The molecule has 0 radical (unpaired) electrons. The zero-order chi connectivity index (χ0) is 13.3. The molecule has 1 N–H and O–H groups in total. The largest absolute Gasteiger partial charge is 0.433 e. The van der Waals surface area contributed by atoms with Gasteiger partial charge in [0.05, 0.1) is 0 Å². The van der Waals surface area contributed by atoms with Gasteiger partial charge in [0.25, 0.3) is 0 Å². The van der Waals surface area contributed by atoms with Crippen molar-refractivity contribution >= 4 is 0 Å². The molecule has 1 rings (SSSR count). The van der Waals surface area contributed by atoms with E-state index in [4.69, 9.17) is 0 Å². The number of pyridine rings is 1. The van der Waals surface area contributed by atoms with Crippen molar-refractivity contribution in [2.75, 3.05) is 0 Å². The summed E-state index contributed by atoms with van der Waals surface area (Å²) in [5.74, 6) is 0. The molecule has 0 aliphatic carbocycles. The molecular formula is C12H17F3N2. The van der Waals surface area contributed by atoms with E-state index in [2.05, 4.69) is 10.3 Å². The van der Waals surface area contributed by atoms with Crippen molar-refractivity contribution in [3.63, 3.8) is 0 Å². The third kappa shape index (κ3) is 4.34. The van der Waals surface area contributed by atoms with E-state index in [1.807, 2.05) is 27.7 Å². The number of aromatic nitrogens is 1. The summed E-state index contributed by atoms with van der Waals surface area (Å²) in [5, 5.41) is 3.27. The maximum atomic E-state index is 12.3. The van der Waals surface area contributed by atoms with Gasteiger partial charge in [-0.05, 0) is 39.3 Å². The van der Waals surface area contributed by atoms with Crippen LogP contribution in [0, 0.1) is 0 Å². The van der Waals surface area contributed by atoms with Gasteiger partial charge < -0.3 is 5.32 Å². The molecule has 0 aliphatic rings. The highest BCUT2D eigenvalue weighted by Gasteiger charge is 2.32. The van der Waals surface area contributed by atoms with E-state index in [-0.39, 0.29) is 11.6 Å². The van der Waals surface area contributed by atoms with Crippen LogP contribution in [0.3, 0.4) is 0 Å². The van der Waals surface area contributed by atoms with Gasteiger partial charge >= 0.3 is 6.18 Å². The third-order valence-corrected chi connectivity index (χ3v) is 2.23. The quantitative estimate of drug-likeness (QED) is 0.863. The van der Waals surface area contributed by atoms with Gasteiger partial charge in [-0.1, -0.05) is 6.07 Å². The molecule has 0 saturated carbocycles. The average molecular weight is 246 g/mol. The van der Waals surface area contributed by atoms with Gasteiger partial charge in [0.15, 0.2) is 0 Å². The van der Waals surface area contributed by atoms with Gasteiger partial charge in [0.2, 0.25) is 0 Å². The molecule has 0 saturated heterocycles. The Labute approximate surface area is 99.3 Å². The first-order valence-electron chi connectivity index (χ1n) is 5.40. The highest BCUT2D eigenvalue weighted by atomic mass is 19.4. The minimum Gasteiger partial charge on any atom is -0.305 e. The molecular weight excluding hydrogens is 229 g/mol. The van der Waals surface area contributed by atoms with E-state index in [9.17, 15) is 13.2 Å². The van der Waals surface area contributed by atoms with E-state index in [0.717, 1.165) is 11.6 Å². The molecule has 1 aromatic rings. The number of alkyl halides is 3. The summed E-state index contributed by atoms with van der Waals surface area (Å²) >= 11 is 0. The summed E-state index contributed by atoms with van der Waals surface area (Å²) in [4.78, 5) is 3.44. The zero-order valence-electron chi connectivity index (χ0n) is 10.4. The monoisotopic (exact) mass is 246 g/mol. The van der Waals surface area contributed by atoms with Gasteiger partial charge in [0, 0.05) is 17.8 Å². The summed E-state index contributed by atoms with van der Waals surface area (Å²) in [6.07, 6.45) is -3.11. The van der Waals surface area contributed by atoms with Crippen LogP contribution in [0.2, 0.25) is 0 Å². The Morgan fingerprint density at radius 1 is 1.18 bits per heavy atom. The Balaban J connectivity index is 2.81. The van der Waals surface area contributed by atoms with Crippen LogP contribution in [0.5, 0.6) is 0 Å². The molecule has 1 heterocycles. The molecule has 0 fully saturated rings. The van der Waals surface area contributed by atoms with Crippen LogP contribution < -0.4 is 5.32 Å². The Kier molecular flexibility index (Phi) is 3.81. The molecule has 5 heteroatoms. The molecule has 1 aromatic heterocycles. The zero-order valence-corrected chi connectivity index (χ0v) is 10.4. The molecule has 2 nitrogen and oxygen atoms in total. The SMILES string of the molecule is C[C@@H](NC(C)(C)C)c1ccc(C(F)(F)F)nc1. The van der Waals surface area contributed by atoms with Crippen molar-refractivity contribution in [2.24, 2.45) is 0 Å². The molecule has 1 atom stereocenters. The maximum absolute atomic E-state index is 12.3. The van der Waals surface area contributed by atoms with Crippen LogP contribution in [0.15, 0.2) is 18.3 Å². The standard InChI is InChI=1S/C12H17F3N2/c1-8(17-11(2,3)4)9-5-6-10(16-7-9)12(13,14)15/h5-8,17H,1-4H3/t8-/m1/s1. The maximum Gasteiger partial charge on any atom is 0.433 e. The summed E-state index contributed by atoms with van der Waals surface area (Å²) in [6, 6.07) is 2.43. The van der Waals surface area contributed by atoms with E-state index in [1.165, 1.54) is 12.3 Å². The van der Waals surface area contributed by atoms with Crippen molar-refractivity contribution in [1.82, 2.24) is 10.3 Å². The third-order valence-electron chi connectivity index (χ3n) is 2.23. The summed E-state index contributed by atoms with van der Waals surface area (Å²) in [5.41, 5.74) is -0.209. The fraction of sp³-hybridized carbons (Fsp3) is 0.583. The number of halogens is 3. The number of rotatable bonds is 2. The first-order valence-corrected chi connectivity index (χ1v) is 5.40.